The average Bonchev–Trinajstić information content (AvgIpc) is 2.78. The molecule has 0 aliphatic carbocycles. The van der Waals surface area contributed by atoms with Crippen molar-refractivity contribution >= 4 is 22.5 Å². The molecule has 0 spiro atoms. The van der Waals surface area contributed by atoms with Crippen LogP contribution in [0.3, 0.4) is 0 Å². The molecule has 176 valence electrons. The second kappa shape index (κ2) is 8.76. The summed E-state index contributed by atoms with van der Waals surface area (Å²) in [6.07, 6.45) is -6.95. The summed E-state index contributed by atoms with van der Waals surface area (Å²) >= 11 is 0. The minimum absolute atomic E-state index is 0.00250. The molecule has 0 saturated carbocycles. The number of benzene rings is 1. The van der Waals surface area contributed by atoms with Gasteiger partial charge in [0.1, 0.15) is 11.6 Å². The fourth-order valence-electron chi connectivity index (χ4n) is 3.08. The lowest BCUT2D eigenvalue weighted by Crippen LogP contribution is -2.20. The molecule has 1 aromatic carbocycles. The summed E-state index contributed by atoms with van der Waals surface area (Å²) < 4.78 is 81.2. The maximum atomic E-state index is 12.8. The summed E-state index contributed by atoms with van der Waals surface area (Å²) in [5.74, 6) is 0.0262. The zero-order valence-electron chi connectivity index (χ0n) is 17.4. The van der Waals surface area contributed by atoms with Crippen LogP contribution in [0.5, 0.6) is 6.01 Å². The van der Waals surface area contributed by atoms with Crippen molar-refractivity contribution in [2.75, 3.05) is 11.9 Å². The highest BCUT2D eigenvalue weighted by molar-refractivity contribution is 5.84. The van der Waals surface area contributed by atoms with E-state index in [-0.39, 0.29) is 17.3 Å². The second-order valence-corrected chi connectivity index (χ2v) is 7.20. The first-order valence-electron chi connectivity index (χ1n) is 9.73. The molecule has 6 nitrogen and oxygen atoms in total. The first-order valence-corrected chi connectivity index (χ1v) is 9.73. The number of anilines is 2. The van der Waals surface area contributed by atoms with Gasteiger partial charge in [-0.05, 0) is 31.2 Å². The number of aromatic nitrogens is 4. The Morgan fingerprint density at radius 2 is 1.74 bits per heavy atom. The van der Waals surface area contributed by atoms with Gasteiger partial charge >= 0.3 is 18.4 Å². The molecule has 4 aromatic rings. The van der Waals surface area contributed by atoms with E-state index in [0.29, 0.717) is 22.8 Å². The first kappa shape index (κ1) is 23.2. The van der Waals surface area contributed by atoms with Crippen molar-refractivity contribution in [2.24, 2.45) is 0 Å². The van der Waals surface area contributed by atoms with Gasteiger partial charge in [-0.25, -0.2) is 4.98 Å². The number of alkyl halides is 6. The number of nitrogens with one attached hydrogen (secondary N) is 1. The molecule has 0 aliphatic rings. The van der Waals surface area contributed by atoms with Gasteiger partial charge in [-0.15, -0.1) is 0 Å². The molecule has 0 amide bonds. The van der Waals surface area contributed by atoms with Gasteiger partial charge in [-0.3, -0.25) is 4.98 Å². The van der Waals surface area contributed by atoms with Crippen LogP contribution < -0.4 is 10.1 Å². The van der Waals surface area contributed by atoms with Crippen molar-refractivity contribution in [3.05, 3.63) is 66.0 Å². The normalized spacial score (nSPS) is 12.1. The Bertz CT molecular complexity index is 1320. The number of hydrogen-bond donors (Lipinski definition) is 1. The Labute approximate surface area is 188 Å². The number of halogens is 6. The quantitative estimate of drug-likeness (QED) is 0.349. The van der Waals surface area contributed by atoms with Gasteiger partial charge in [0.25, 0.3) is 0 Å². The van der Waals surface area contributed by atoms with Crippen molar-refractivity contribution < 1.29 is 31.1 Å². The number of fused-ring (bicyclic) bond motifs is 1. The molecule has 0 bridgehead atoms. The predicted octanol–water partition coefficient (Wildman–Crippen LogP) is 6.10. The number of nitrogens with zero attached hydrogens (tertiary/aromatic N) is 4. The molecule has 0 fully saturated rings. The van der Waals surface area contributed by atoms with Crippen molar-refractivity contribution in [1.29, 1.82) is 0 Å². The van der Waals surface area contributed by atoms with Crippen molar-refractivity contribution in [1.82, 2.24) is 19.9 Å². The topological polar surface area (TPSA) is 72.8 Å². The minimum Gasteiger partial charge on any atom is -0.454 e. The Morgan fingerprint density at radius 1 is 0.941 bits per heavy atom. The van der Waals surface area contributed by atoms with Crippen LogP contribution in [0.2, 0.25) is 0 Å². The summed E-state index contributed by atoms with van der Waals surface area (Å²) in [6, 6.07) is 10.2. The van der Waals surface area contributed by atoms with E-state index in [4.69, 9.17) is 4.74 Å². The third kappa shape index (κ3) is 5.33. The molecule has 0 aliphatic heterocycles. The zero-order chi connectivity index (χ0) is 24.5. The smallest absolute Gasteiger partial charge is 0.422 e. The van der Waals surface area contributed by atoms with Crippen LogP contribution in [-0.2, 0) is 6.18 Å². The van der Waals surface area contributed by atoms with Crippen LogP contribution >= 0.6 is 0 Å². The van der Waals surface area contributed by atoms with Gasteiger partial charge < -0.3 is 10.1 Å². The Kier molecular flexibility index (Phi) is 5.98. The van der Waals surface area contributed by atoms with E-state index in [1.54, 1.807) is 37.4 Å². The fraction of sp³-hybridized carbons (Fsp3) is 0.182. The molecule has 1 N–H and O–H groups in total. The molecule has 0 radical (unpaired) electrons. The highest BCUT2D eigenvalue weighted by Gasteiger charge is 2.31. The number of rotatable bonds is 5. The largest absolute Gasteiger partial charge is 0.454 e. The van der Waals surface area contributed by atoms with E-state index in [1.165, 1.54) is 0 Å². The van der Waals surface area contributed by atoms with E-state index < -0.39 is 30.5 Å². The highest BCUT2D eigenvalue weighted by atomic mass is 19.4. The SMILES string of the molecule is Cc1c(Nc2ccc(C(F)(F)F)cn2)nc(OCC(F)(F)F)nc1-c1ccc2cccnc2c1. The first-order chi connectivity index (χ1) is 16.0. The van der Waals surface area contributed by atoms with Crippen molar-refractivity contribution in [3.63, 3.8) is 0 Å². The van der Waals surface area contributed by atoms with E-state index in [9.17, 15) is 26.3 Å². The van der Waals surface area contributed by atoms with E-state index in [0.717, 1.165) is 17.5 Å². The lowest BCUT2D eigenvalue weighted by atomic mass is 10.0. The van der Waals surface area contributed by atoms with Crippen molar-refractivity contribution in [3.8, 4) is 17.3 Å². The third-order valence-corrected chi connectivity index (χ3v) is 4.71. The molecule has 3 heterocycles. The minimum atomic E-state index is -4.62. The maximum Gasteiger partial charge on any atom is 0.422 e. The van der Waals surface area contributed by atoms with Crippen LogP contribution in [0.4, 0.5) is 38.0 Å². The summed E-state index contributed by atoms with van der Waals surface area (Å²) in [5, 5.41) is 3.58. The van der Waals surface area contributed by atoms with E-state index in [1.807, 2.05) is 6.07 Å². The Balaban J connectivity index is 1.75. The molecule has 0 atom stereocenters. The predicted molar refractivity (Wildman–Crippen MR) is 112 cm³/mol. The van der Waals surface area contributed by atoms with Crippen LogP contribution in [0.25, 0.3) is 22.2 Å². The second-order valence-electron chi connectivity index (χ2n) is 7.20. The summed E-state index contributed by atoms with van der Waals surface area (Å²) in [5.41, 5.74) is 0.891. The third-order valence-electron chi connectivity index (χ3n) is 4.71. The van der Waals surface area contributed by atoms with Crippen LogP contribution in [-0.4, -0.2) is 32.7 Å². The summed E-state index contributed by atoms with van der Waals surface area (Å²) in [7, 11) is 0. The molecular weight excluding hydrogens is 464 g/mol. The fourth-order valence-corrected chi connectivity index (χ4v) is 3.08. The average molecular weight is 479 g/mol. The van der Waals surface area contributed by atoms with Crippen LogP contribution in [0, 0.1) is 6.92 Å². The Hall–Kier alpha value is -3.96. The molecule has 34 heavy (non-hydrogen) atoms. The lowest BCUT2D eigenvalue weighted by Gasteiger charge is -2.15. The van der Waals surface area contributed by atoms with Crippen molar-refractivity contribution in [2.45, 2.75) is 19.3 Å². The number of ether oxygens (including phenoxy) is 1. The van der Waals surface area contributed by atoms with Gasteiger partial charge in [-0.2, -0.15) is 36.3 Å². The van der Waals surface area contributed by atoms with Gasteiger partial charge in [-0.1, -0.05) is 18.2 Å². The number of pyridine rings is 2. The van der Waals surface area contributed by atoms with E-state index >= 15 is 0 Å². The molecule has 12 heteroatoms. The molecule has 3 aromatic heterocycles. The van der Waals surface area contributed by atoms with Crippen LogP contribution in [0.15, 0.2) is 54.9 Å². The summed E-state index contributed by atoms with van der Waals surface area (Å²) in [6.45, 7) is -0.00927. The molecular formula is C22H15F6N5O. The maximum absolute atomic E-state index is 12.8. The van der Waals surface area contributed by atoms with Gasteiger partial charge in [0.15, 0.2) is 6.61 Å². The zero-order valence-corrected chi connectivity index (χ0v) is 17.4. The molecule has 0 saturated heterocycles. The van der Waals surface area contributed by atoms with Gasteiger partial charge in [0.2, 0.25) is 0 Å². The number of hydrogen-bond acceptors (Lipinski definition) is 6. The van der Waals surface area contributed by atoms with Crippen LogP contribution in [0.1, 0.15) is 11.1 Å². The summed E-state index contributed by atoms with van der Waals surface area (Å²) in [4.78, 5) is 16.1. The molecule has 0 unspecified atom stereocenters. The van der Waals surface area contributed by atoms with Gasteiger partial charge in [0.05, 0.1) is 16.8 Å². The van der Waals surface area contributed by atoms with E-state index in [2.05, 4.69) is 25.3 Å². The monoisotopic (exact) mass is 479 g/mol. The molecule has 4 rings (SSSR count). The highest BCUT2D eigenvalue weighted by Crippen LogP contribution is 2.32. The van der Waals surface area contributed by atoms with Gasteiger partial charge in [0, 0.05) is 28.9 Å². The standard InChI is InChI=1S/C22H15F6N5O/c1-12-18(14-5-4-13-3-2-8-29-16(13)9-14)32-20(34-11-21(23,24)25)33-19(12)31-17-7-6-15(10-30-17)22(26,27)28/h2-10H,11H2,1H3,(H,30,31,32,33). The lowest BCUT2D eigenvalue weighted by molar-refractivity contribution is -0.154. The Morgan fingerprint density at radius 3 is 2.41 bits per heavy atom.